The number of aromatic nitrogens is 1. The summed E-state index contributed by atoms with van der Waals surface area (Å²) in [7, 11) is 2.77. The number of ketones is 1. The first kappa shape index (κ1) is 31.3. The SMILES string of the molecule is C=C(NC(=O)c1csc(C2CCCCC(CCCC(=O)COCCOC)CC2)n1)C(=O)NC(=C)C(=O)OC. The molecule has 38 heavy (non-hydrogen) atoms. The van der Waals surface area contributed by atoms with Crippen LogP contribution in [0.1, 0.15) is 79.2 Å². The number of nitrogens with one attached hydrogen (secondary N) is 2. The van der Waals surface area contributed by atoms with E-state index in [1.807, 2.05) is 0 Å². The zero-order chi connectivity index (χ0) is 27.9. The second-order valence-electron chi connectivity index (χ2n) is 9.33. The van der Waals surface area contributed by atoms with E-state index in [2.05, 4.69) is 33.5 Å². The Morgan fingerprint density at radius 1 is 1.03 bits per heavy atom. The minimum absolute atomic E-state index is 0.131. The van der Waals surface area contributed by atoms with Gasteiger partial charge in [0, 0.05) is 24.8 Å². The van der Waals surface area contributed by atoms with Gasteiger partial charge in [-0.05, 0) is 31.6 Å². The molecule has 10 nitrogen and oxygen atoms in total. The van der Waals surface area contributed by atoms with E-state index in [9.17, 15) is 19.2 Å². The van der Waals surface area contributed by atoms with Gasteiger partial charge in [-0.25, -0.2) is 9.78 Å². The standard InChI is InChI=1S/C27H39N3O7S/c1-18(24(32)29-19(2)27(34)36-4)28-25(33)23-17-38-26(30-23)21-10-6-5-8-20(12-13-21)9-7-11-22(31)16-37-15-14-35-3/h17,20-21H,1-2,5-16H2,3-4H3,(H,28,33)(H,29,32). The van der Waals surface area contributed by atoms with Crippen LogP contribution < -0.4 is 10.6 Å². The van der Waals surface area contributed by atoms with E-state index in [4.69, 9.17) is 9.47 Å². The second-order valence-corrected chi connectivity index (χ2v) is 10.2. The molecular weight excluding hydrogens is 510 g/mol. The van der Waals surface area contributed by atoms with Gasteiger partial charge in [-0.2, -0.15) is 0 Å². The Bertz CT molecular complexity index is 991. The highest BCUT2D eigenvalue weighted by Gasteiger charge is 2.23. The van der Waals surface area contributed by atoms with Gasteiger partial charge < -0.3 is 24.8 Å². The number of hydrogen-bond acceptors (Lipinski definition) is 9. The van der Waals surface area contributed by atoms with Gasteiger partial charge in [-0.15, -0.1) is 11.3 Å². The fourth-order valence-electron chi connectivity index (χ4n) is 4.30. The van der Waals surface area contributed by atoms with Gasteiger partial charge in [-0.3, -0.25) is 14.4 Å². The molecule has 1 saturated carbocycles. The molecule has 0 aromatic carbocycles. The number of Topliss-reactive ketones (excluding diaryl/α,β-unsaturated/α-hetero) is 1. The lowest BCUT2D eigenvalue weighted by Crippen LogP contribution is -2.35. The van der Waals surface area contributed by atoms with Crippen LogP contribution in [0, 0.1) is 5.92 Å². The fraction of sp³-hybridized carbons (Fsp3) is 0.593. The van der Waals surface area contributed by atoms with E-state index in [1.54, 1.807) is 12.5 Å². The molecule has 0 aliphatic heterocycles. The van der Waals surface area contributed by atoms with Crippen LogP contribution in [0.25, 0.3) is 0 Å². The third-order valence-electron chi connectivity index (χ3n) is 6.44. The van der Waals surface area contributed by atoms with Crippen LogP contribution in [0.2, 0.25) is 0 Å². The van der Waals surface area contributed by atoms with Crippen molar-refractivity contribution in [3.63, 3.8) is 0 Å². The molecule has 11 heteroatoms. The molecule has 1 aliphatic rings. The van der Waals surface area contributed by atoms with E-state index < -0.39 is 17.8 Å². The molecule has 2 atom stereocenters. The van der Waals surface area contributed by atoms with Crippen molar-refractivity contribution in [3.8, 4) is 0 Å². The Hall–Kier alpha value is -2.89. The minimum atomic E-state index is -0.792. The Kier molecular flexibility index (Phi) is 13.9. The van der Waals surface area contributed by atoms with Crippen LogP contribution in [0.15, 0.2) is 29.9 Å². The van der Waals surface area contributed by atoms with Gasteiger partial charge in [0.05, 0.1) is 31.0 Å². The normalized spacial score (nSPS) is 17.5. The molecule has 1 aromatic rings. The van der Waals surface area contributed by atoms with Crippen molar-refractivity contribution in [3.05, 3.63) is 40.6 Å². The third kappa shape index (κ3) is 10.8. The summed E-state index contributed by atoms with van der Waals surface area (Å²) in [6.07, 6.45) is 8.89. The van der Waals surface area contributed by atoms with Crippen LogP contribution in [-0.4, -0.2) is 62.6 Å². The number of hydrogen-bond donors (Lipinski definition) is 2. The van der Waals surface area contributed by atoms with E-state index in [0.29, 0.717) is 25.6 Å². The number of rotatable bonds is 15. The molecule has 2 N–H and O–H groups in total. The van der Waals surface area contributed by atoms with Crippen LogP contribution in [-0.2, 0) is 28.6 Å². The Balaban J connectivity index is 1.81. The van der Waals surface area contributed by atoms with E-state index >= 15 is 0 Å². The average Bonchev–Trinajstić information content (AvgIpc) is 3.37. The van der Waals surface area contributed by atoms with Gasteiger partial charge in [0.2, 0.25) is 0 Å². The molecule has 0 bridgehead atoms. The molecule has 0 saturated heterocycles. The topological polar surface area (TPSA) is 133 Å². The molecule has 0 spiro atoms. The van der Waals surface area contributed by atoms with E-state index in [1.165, 1.54) is 17.8 Å². The van der Waals surface area contributed by atoms with Crippen molar-refractivity contribution in [2.24, 2.45) is 5.92 Å². The highest BCUT2D eigenvalue weighted by molar-refractivity contribution is 7.09. The Morgan fingerprint density at radius 3 is 2.53 bits per heavy atom. The highest BCUT2D eigenvalue weighted by atomic mass is 32.1. The number of carbonyl (C=O) groups is 4. The molecule has 1 heterocycles. The number of ether oxygens (including phenoxy) is 3. The molecule has 1 aliphatic carbocycles. The summed E-state index contributed by atoms with van der Waals surface area (Å²) in [5.74, 6) is -1.13. The molecule has 2 unspecified atom stereocenters. The molecule has 1 fully saturated rings. The lowest BCUT2D eigenvalue weighted by atomic mass is 9.83. The van der Waals surface area contributed by atoms with Crippen molar-refractivity contribution in [2.75, 3.05) is 34.0 Å². The molecular formula is C27H39N3O7S. The maximum absolute atomic E-state index is 12.6. The van der Waals surface area contributed by atoms with Gasteiger partial charge in [0.25, 0.3) is 11.8 Å². The average molecular weight is 550 g/mol. The van der Waals surface area contributed by atoms with Crippen molar-refractivity contribution in [2.45, 2.75) is 63.7 Å². The van der Waals surface area contributed by atoms with Crippen molar-refractivity contribution < 1.29 is 33.4 Å². The minimum Gasteiger partial charge on any atom is -0.464 e. The summed E-state index contributed by atoms with van der Waals surface area (Å²) >= 11 is 1.44. The van der Waals surface area contributed by atoms with Crippen LogP contribution in [0.3, 0.4) is 0 Å². The van der Waals surface area contributed by atoms with E-state index in [-0.39, 0.29) is 35.4 Å². The number of thiazole rings is 1. The van der Waals surface area contributed by atoms with E-state index in [0.717, 1.165) is 57.1 Å². The summed E-state index contributed by atoms with van der Waals surface area (Å²) in [5.41, 5.74) is -0.274. The molecule has 0 radical (unpaired) electrons. The number of methoxy groups -OCH3 is 2. The fourth-order valence-corrected chi connectivity index (χ4v) is 5.27. The van der Waals surface area contributed by atoms with Crippen molar-refractivity contribution in [1.29, 1.82) is 0 Å². The summed E-state index contributed by atoms with van der Waals surface area (Å²) in [6.45, 7) is 8.03. The summed E-state index contributed by atoms with van der Waals surface area (Å²) in [5, 5.41) is 7.23. The largest absolute Gasteiger partial charge is 0.464 e. The molecule has 1 aromatic heterocycles. The third-order valence-corrected chi connectivity index (χ3v) is 7.45. The zero-order valence-electron chi connectivity index (χ0n) is 22.3. The van der Waals surface area contributed by atoms with Crippen LogP contribution in [0.5, 0.6) is 0 Å². The quantitative estimate of drug-likeness (QED) is 0.192. The number of amides is 2. The zero-order valence-corrected chi connectivity index (χ0v) is 23.2. The monoisotopic (exact) mass is 549 g/mol. The van der Waals surface area contributed by atoms with Crippen molar-refractivity contribution >= 4 is 34.9 Å². The first-order valence-electron chi connectivity index (χ1n) is 12.9. The summed E-state index contributed by atoms with van der Waals surface area (Å²) in [4.78, 5) is 52.7. The first-order valence-corrected chi connectivity index (χ1v) is 13.8. The maximum Gasteiger partial charge on any atom is 0.353 e. The maximum atomic E-state index is 12.6. The first-order chi connectivity index (χ1) is 18.2. The lowest BCUT2D eigenvalue weighted by molar-refractivity contribution is -0.137. The van der Waals surface area contributed by atoms with Gasteiger partial charge in [0.15, 0.2) is 5.78 Å². The van der Waals surface area contributed by atoms with Crippen molar-refractivity contribution in [1.82, 2.24) is 15.6 Å². The summed E-state index contributed by atoms with van der Waals surface area (Å²) < 4.78 is 14.7. The summed E-state index contributed by atoms with van der Waals surface area (Å²) in [6, 6.07) is 0. The van der Waals surface area contributed by atoms with Gasteiger partial charge >= 0.3 is 5.97 Å². The number of nitrogens with zero attached hydrogens (tertiary/aromatic N) is 1. The van der Waals surface area contributed by atoms with Gasteiger partial charge in [-0.1, -0.05) is 38.8 Å². The molecule has 210 valence electrons. The molecule has 2 amide bonds. The predicted octanol–water partition coefficient (Wildman–Crippen LogP) is 3.65. The predicted molar refractivity (Wildman–Crippen MR) is 144 cm³/mol. The van der Waals surface area contributed by atoms with Crippen LogP contribution >= 0.6 is 11.3 Å². The van der Waals surface area contributed by atoms with Gasteiger partial charge in [0.1, 0.15) is 18.0 Å². The highest BCUT2D eigenvalue weighted by Crippen LogP contribution is 2.36. The Morgan fingerprint density at radius 2 is 1.79 bits per heavy atom. The second kappa shape index (κ2) is 16.8. The number of esters is 1. The number of carbonyl (C=O) groups excluding carboxylic acids is 4. The Labute approximate surface area is 228 Å². The lowest BCUT2D eigenvalue weighted by Gasteiger charge is -2.24. The molecule has 2 rings (SSSR count). The smallest absolute Gasteiger partial charge is 0.353 e. The van der Waals surface area contributed by atoms with Crippen LogP contribution in [0.4, 0.5) is 0 Å².